The minimum atomic E-state index is -4.03. The van der Waals surface area contributed by atoms with Crippen LogP contribution in [0.15, 0.2) is 29.2 Å². The number of urea groups is 1. The van der Waals surface area contributed by atoms with E-state index in [0.29, 0.717) is 23.5 Å². The van der Waals surface area contributed by atoms with Gasteiger partial charge in [0.2, 0.25) is 0 Å². The Morgan fingerprint density at radius 3 is 2.57 bits per heavy atom. The Kier molecular flexibility index (Phi) is 6.64. The van der Waals surface area contributed by atoms with Crippen molar-refractivity contribution >= 4 is 38.4 Å². The van der Waals surface area contributed by atoms with Crippen LogP contribution in [0.25, 0.3) is 0 Å². The molecule has 1 fully saturated rings. The number of hydrogen-bond acceptors (Lipinski definition) is 7. The van der Waals surface area contributed by atoms with Crippen LogP contribution in [0, 0.1) is 6.92 Å². The van der Waals surface area contributed by atoms with E-state index in [4.69, 9.17) is 10.5 Å². The Labute approximate surface area is 178 Å². The van der Waals surface area contributed by atoms with Crippen molar-refractivity contribution in [3.05, 3.63) is 45.8 Å². The lowest BCUT2D eigenvalue weighted by molar-refractivity contribution is 0.0137. The number of thiophene rings is 1. The predicted molar refractivity (Wildman–Crippen MR) is 112 cm³/mol. The van der Waals surface area contributed by atoms with E-state index in [0.717, 1.165) is 29.7 Å². The number of carbonyl (C=O) groups is 2. The molecule has 1 aromatic heterocycles. The average molecular weight is 454 g/mol. The summed E-state index contributed by atoms with van der Waals surface area (Å²) in [5.41, 5.74) is 7.23. The summed E-state index contributed by atoms with van der Waals surface area (Å²) in [5.74, 6) is -1.16. The summed E-state index contributed by atoms with van der Waals surface area (Å²) in [6.07, 6.45) is 2.01. The third-order valence-electron chi connectivity index (χ3n) is 4.73. The molecule has 1 aliphatic heterocycles. The molecule has 162 valence electrons. The van der Waals surface area contributed by atoms with E-state index in [1.165, 1.54) is 12.1 Å². The number of nitrogens with two attached hydrogens (primary N) is 1. The normalized spacial score (nSPS) is 16.8. The van der Waals surface area contributed by atoms with Crippen molar-refractivity contribution < 1.29 is 27.9 Å². The zero-order valence-electron chi connectivity index (χ0n) is 16.3. The van der Waals surface area contributed by atoms with Gasteiger partial charge in [0, 0.05) is 17.0 Å². The first-order valence-corrected chi connectivity index (χ1v) is 11.6. The van der Waals surface area contributed by atoms with Crippen LogP contribution >= 0.6 is 11.3 Å². The van der Waals surface area contributed by atoms with Crippen molar-refractivity contribution in [3.63, 3.8) is 0 Å². The summed E-state index contributed by atoms with van der Waals surface area (Å²) < 4.78 is 32.4. The van der Waals surface area contributed by atoms with Crippen molar-refractivity contribution in [1.29, 1.82) is 0 Å². The number of carboxylic acid groups (broad SMARTS) is 1. The Morgan fingerprint density at radius 2 is 1.97 bits per heavy atom. The quantitative estimate of drug-likeness (QED) is 0.525. The van der Waals surface area contributed by atoms with Gasteiger partial charge < -0.3 is 20.9 Å². The number of sulfonamides is 1. The number of carbonyl (C=O) groups excluding carboxylic acids is 1. The Bertz CT molecular complexity index is 1040. The molecule has 30 heavy (non-hydrogen) atoms. The van der Waals surface area contributed by atoms with E-state index in [1.807, 2.05) is 11.6 Å². The van der Waals surface area contributed by atoms with Gasteiger partial charge in [-0.25, -0.2) is 22.7 Å². The zero-order valence-corrected chi connectivity index (χ0v) is 17.9. The van der Waals surface area contributed by atoms with E-state index in [2.05, 4.69) is 5.32 Å². The molecule has 0 saturated carbocycles. The van der Waals surface area contributed by atoms with Gasteiger partial charge in [-0.05, 0) is 38.3 Å². The average Bonchev–Trinajstić information content (AvgIpc) is 3.03. The van der Waals surface area contributed by atoms with Gasteiger partial charge in [0.05, 0.1) is 23.1 Å². The van der Waals surface area contributed by atoms with Gasteiger partial charge in [-0.3, -0.25) is 0 Å². The Morgan fingerprint density at radius 1 is 1.27 bits per heavy atom. The molecule has 9 nitrogen and oxygen atoms in total. The molecule has 0 bridgehead atoms. The Balaban J connectivity index is 1.75. The highest BCUT2D eigenvalue weighted by Gasteiger charge is 2.30. The topological polar surface area (TPSA) is 148 Å². The number of rotatable bonds is 6. The van der Waals surface area contributed by atoms with Crippen molar-refractivity contribution in [2.45, 2.75) is 43.7 Å². The smallest absolute Gasteiger partial charge is 0.339 e. The number of ether oxygens (including phenoxy) is 1. The summed E-state index contributed by atoms with van der Waals surface area (Å²) >= 11 is 1.05. The van der Waals surface area contributed by atoms with Crippen molar-refractivity contribution in [3.8, 4) is 0 Å². The maximum atomic E-state index is 12.3. The molecule has 0 aliphatic carbocycles. The van der Waals surface area contributed by atoms with E-state index < -0.39 is 28.1 Å². The second-order valence-corrected chi connectivity index (χ2v) is 9.76. The largest absolute Gasteiger partial charge is 0.478 e. The summed E-state index contributed by atoms with van der Waals surface area (Å²) in [5, 5.41) is 12.2. The molecule has 2 heterocycles. The highest BCUT2D eigenvalue weighted by Crippen LogP contribution is 2.40. The molecule has 2 amide bonds. The molecule has 1 atom stereocenters. The molecular weight excluding hydrogens is 430 g/mol. The first kappa shape index (κ1) is 22.1. The fourth-order valence-corrected chi connectivity index (χ4v) is 5.25. The molecule has 1 aromatic carbocycles. The number of amides is 2. The standard InChI is InChI=1S/C19H23N3O6S2/c1-11-5-7-12(8-6-11)30(26,27)22-19(25)21-10-14-15(13-4-2-3-9-28-13)16(18(23)24)17(20)29-14/h5-8,13H,2-4,9-10,20H2,1H3,(H,23,24)(H2,21,22,25). The van der Waals surface area contributed by atoms with Gasteiger partial charge in [0.15, 0.2) is 0 Å². The molecule has 0 spiro atoms. The highest BCUT2D eigenvalue weighted by molar-refractivity contribution is 7.90. The molecule has 3 rings (SSSR count). The lowest BCUT2D eigenvalue weighted by Crippen LogP contribution is -2.39. The van der Waals surface area contributed by atoms with Gasteiger partial charge in [-0.15, -0.1) is 11.3 Å². The maximum absolute atomic E-state index is 12.3. The van der Waals surface area contributed by atoms with Crippen LogP contribution in [-0.2, 0) is 21.3 Å². The van der Waals surface area contributed by atoms with Crippen LogP contribution in [0.4, 0.5) is 9.80 Å². The van der Waals surface area contributed by atoms with Gasteiger partial charge in [-0.1, -0.05) is 17.7 Å². The van der Waals surface area contributed by atoms with E-state index in [9.17, 15) is 23.1 Å². The summed E-state index contributed by atoms with van der Waals surface area (Å²) in [7, 11) is -4.03. The van der Waals surface area contributed by atoms with Crippen molar-refractivity contribution in [2.24, 2.45) is 0 Å². The molecule has 0 radical (unpaired) electrons. The van der Waals surface area contributed by atoms with Crippen LogP contribution in [0.5, 0.6) is 0 Å². The number of aryl methyl sites for hydroxylation is 1. The molecule has 5 N–H and O–H groups in total. The third-order valence-corrected chi connectivity index (χ3v) is 7.11. The maximum Gasteiger partial charge on any atom is 0.339 e. The predicted octanol–water partition coefficient (Wildman–Crippen LogP) is 2.77. The van der Waals surface area contributed by atoms with Crippen LogP contribution in [-0.4, -0.2) is 32.1 Å². The molecular formula is C19H23N3O6S2. The number of anilines is 1. The first-order chi connectivity index (χ1) is 14.2. The number of hydrogen-bond donors (Lipinski definition) is 4. The van der Waals surface area contributed by atoms with Crippen LogP contribution in [0.1, 0.15) is 51.7 Å². The highest BCUT2D eigenvalue weighted by atomic mass is 32.2. The van der Waals surface area contributed by atoms with Crippen LogP contribution in [0.2, 0.25) is 0 Å². The third kappa shape index (κ3) is 4.91. The lowest BCUT2D eigenvalue weighted by Gasteiger charge is -2.24. The van der Waals surface area contributed by atoms with Crippen molar-refractivity contribution in [1.82, 2.24) is 10.0 Å². The minimum absolute atomic E-state index is 0.0172. The minimum Gasteiger partial charge on any atom is -0.478 e. The number of nitrogen functional groups attached to an aromatic ring is 1. The summed E-state index contributed by atoms with van der Waals surface area (Å²) in [6.45, 7) is 2.26. The first-order valence-electron chi connectivity index (χ1n) is 9.32. The number of aromatic carboxylic acids is 1. The SMILES string of the molecule is Cc1ccc(S(=O)(=O)NC(=O)NCc2sc(N)c(C(=O)O)c2C2CCCCO2)cc1. The monoisotopic (exact) mass is 453 g/mol. The van der Waals surface area contributed by atoms with E-state index in [-0.39, 0.29) is 22.0 Å². The van der Waals surface area contributed by atoms with Crippen LogP contribution < -0.4 is 15.8 Å². The summed E-state index contributed by atoms with van der Waals surface area (Å²) in [6, 6.07) is 5.15. The van der Waals surface area contributed by atoms with E-state index >= 15 is 0 Å². The number of carboxylic acids is 1. The van der Waals surface area contributed by atoms with Crippen molar-refractivity contribution in [2.75, 3.05) is 12.3 Å². The molecule has 11 heteroatoms. The summed E-state index contributed by atoms with van der Waals surface area (Å²) in [4.78, 5) is 24.4. The molecule has 2 aromatic rings. The molecule has 1 saturated heterocycles. The molecule has 1 aliphatic rings. The van der Waals surface area contributed by atoms with Gasteiger partial charge in [0.25, 0.3) is 10.0 Å². The fourth-order valence-electron chi connectivity index (χ4n) is 3.27. The Hall–Kier alpha value is -2.63. The van der Waals surface area contributed by atoms with Gasteiger partial charge >= 0.3 is 12.0 Å². The fraction of sp³-hybridized carbons (Fsp3) is 0.368. The van der Waals surface area contributed by atoms with Gasteiger partial charge in [-0.2, -0.15) is 0 Å². The van der Waals surface area contributed by atoms with E-state index in [1.54, 1.807) is 12.1 Å². The number of nitrogens with one attached hydrogen (secondary N) is 2. The van der Waals surface area contributed by atoms with Gasteiger partial charge in [0.1, 0.15) is 5.00 Å². The number of benzene rings is 1. The van der Waals surface area contributed by atoms with Crippen LogP contribution in [0.3, 0.4) is 0 Å². The lowest BCUT2D eigenvalue weighted by atomic mass is 9.97. The molecule has 1 unspecified atom stereocenters. The zero-order chi connectivity index (χ0) is 21.9. The second kappa shape index (κ2) is 9.02. The second-order valence-electron chi connectivity index (χ2n) is 6.94.